The second-order valence-electron chi connectivity index (χ2n) is 4.59. The molecule has 0 bridgehead atoms. The molecule has 1 fully saturated rings. The number of carbonyl (C=O) groups excluding carboxylic acids is 1. The first kappa shape index (κ1) is 12.4. The highest BCUT2D eigenvalue weighted by Gasteiger charge is 2.44. The third kappa shape index (κ3) is 2.99. The number of benzene rings is 1. The first-order valence-corrected chi connectivity index (χ1v) is 6.21. The van der Waals surface area contributed by atoms with Crippen molar-refractivity contribution in [3.8, 4) is 0 Å². The monoisotopic (exact) mass is 252 g/mol. The number of nitrogens with one attached hydrogen (secondary N) is 2. The molecule has 0 aliphatic heterocycles. The average molecular weight is 253 g/mol. The van der Waals surface area contributed by atoms with E-state index >= 15 is 0 Å². The van der Waals surface area contributed by atoms with Gasteiger partial charge in [-0.15, -0.1) is 0 Å². The summed E-state index contributed by atoms with van der Waals surface area (Å²) in [6, 6.07) is 7.93. The molecule has 2 rings (SSSR count). The summed E-state index contributed by atoms with van der Waals surface area (Å²) >= 11 is 5.87. The minimum atomic E-state index is 0.0488. The zero-order chi connectivity index (χ0) is 12.3. The molecule has 0 unspecified atom stereocenters. The van der Waals surface area contributed by atoms with Gasteiger partial charge in [0.25, 0.3) is 0 Å². The van der Waals surface area contributed by atoms with Gasteiger partial charge < -0.3 is 10.6 Å². The maximum atomic E-state index is 11.4. The van der Waals surface area contributed by atoms with Gasteiger partial charge in [-0.2, -0.15) is 0 Å². The van der Waals surface area contributed by atoms with Crippen molar-refractivity contribution in [2.45, 2.75) is 18.3 Å². The fourth-order valence-corrected chi connectivity index (χ4v) is 2.14. The number of amides is 1. The Morgan fingerprint density at radius 2 is 2.00 bits per heavy atom. The van der Waals surface area contributed by atoms with Gasteiger partial charge in [0.05, 0.1) is 6.54 Å². The van der Waals surface area contributed by atoms with E-state index in [2.05, 4.69) is 22.8 Å². The van der Waals surface area contributed by atoms with Crippen LogP contribution in [0.4, 0.5) is 0 Å². The van der Waals surface area contributed by atoms with E-state index in [1.54, 1.807) is 7.05 Å². The van der Waals surface area contributed by atoms with E-state index in [-0.39, 0.29) is 11.3 Å². The van der Waals surface area contributed by atoms with Crippen LogP contribution in [0.25, 0.3) is 0 Å². The first-order chi connectivity index (χ1) is 8.16. The molecule has 0 spiro atoms. The van der Waals surface area contributed by atoms with Crippen molar-refractivity contribution in [3.05, 3.63) is 34.9 Å². The standard InChI is InChI=1S/C13H17ClN2O/c1-15-8-12(17)16-9-13(6-7-13)10-2-4-11(14)5-3-10/h2-5,15H,6-9H2,1H3,(H,16,17). The van der Waals surface area contributed by atoms with Crippen LogP contribution in [0.5, 0.6) is 0 Å². The Bertz CT molecular complexity index is 398. The molecule has 0 atom stereocenters. The minimum Gasteiger partial charge on any atom is -0.354 e. The third-order valence-corrected chi connectivity index (χ3v) is 3.52. The molecular weight excluding hydrogens is 236 g/mol. The maximum Gasteiger partial charge on any atom is 0.233 e. The zero-order valence-electron chi connectivity index (χ0n) is 9.92. The maximum absolute atomic E-state index is 11.4. The van der Waals surface area contributed by atoms with Gasteiger partial charge in [0, 0.05) is 17.0 Å². The highest BCUT2D eigenvalue weighted by Crippen LogP contribution is 2.47. The van der Waals surface area contributed by atoms with Crippen LogP contribution in [0.3, 0.4) is 0 Å². The number of likely N-dealkylation sites (N-methyl/N-ethyl adjacent to an activating group) is 1. The third-order valence-electron chi connectivity index (χ3n) is 3.27. The second-order valence-corrected chi connectivity index (χ2v) is 5.03. The smallest absolute Gasteiger partial charge is 0.233 e. The zero-order valence-corrected chi connectivity index (χ0v) is 10.7. The van der Waals surface area contributed by atoms with E-state index in [0.717, 1.165) is 24.4 Å². The summed E-state index contributed by atoms with van der Waals surface area (Å²) in [4.78, 5) is 11.4. The Morgan fingerprint density at radius 3 is 2.53 bits per heavy atom. The van der Waals surface area contributed by atoms with Crippen LogP contribution in [-0.2, 0) is 10.2 Å². The summed E-state index contributed by atoms with van der Waals surface area (Å²) in [5, 5.41) is 6.56. The molecule has 1 aromatic carbocycles. The van der Waals surface area contributed by atoms with Crippen molar-refractivity contribution < 1.29 is 4.79 Å². The lowest BCUT2D eigenvalue weighted by Gasteiger charge is -2.16. The van der Waals surface area contributed by atoms with E-state index in [1.807, 2.05) is 12.1 Å². The van der Waals surface area contributed by atoms with Crippen LogP contribution >= 0.6 is 11.6 Å². The topological polar surface area (TPSA) is 41.1 Å². The normalized spacial score (nSPS) is 16.6. The second kappa shape index (κ2) is 5.07. The van der Waals surface area contributed by atoms with E-state index in [4.69, 9.17) is 11.6 Å². The lowest BCUT2D eigenvalue weighted by atomic mass is 9.96. The van der Waals surface area contributed by atoms with Crippen LogP contribution in [0.15, 0.2) is 24.3 Å². The van der Waals surface area contributed by atoms with Gasteiger partial charge in [-0.25, -0.2) is 0 Å². The molecule has 0 heterocycles. The molecule has 0 radical (unpaired) electrons. The van der Waals surface area contributed by atoms with Gasteiger partial charge in [0.15, 0.2) is 0 Å². The Morgan fingerprint density at radius 1 is 1.35 bits per heavy atom. The molecule has 1 aromatic rings. The van der Waals surface area contributed by atoms with Crippen molar-refractivity contribution in [2.75, 3.05) is 20.1 Å². The van der Waals surface area contributed by atoms with E-state index in [9.17, 15) is 4.79 Å². The number of hydrogen-bond donors (Lipinski definition) is 2. The molecule has 1 saturated carbocycles. The summed E-state index contributed by atoms with van der Waals surface area (Å²) in [6.07, 6.45) is 2.27. The first-order valence-electron chi connectivity index (χ1n) is 5.84. The molecule has 3 nitrogen and oxygen atoms in total. The lowest BCUT2D eigenvalue weighted by Crippen LogP contribution is -2.37. The fraction of sp³-hybridized carbons (Fsp3) is 0.462. The molecule has 4 heteroatoms. The Kier molecular flexibility index (Phi) is 3.69. The molecule has 92 valence electrons. The van der Waals surface area contributed by atoms with Gasteiger partial charge >= 0.3 is 0 Å². The van der Waals surface area contributed by atoms with Crippen LogP contribution in [0.2, 0.25) is 5.02 Å². The summed E-state index contributed by atoms with van der Waals surface area (Å²) in [5.74, 6) is 0.0488. The number of hydrogen-bond acceptors (Lipinski definition) is 2. The molecule has 1 aliphatic carbocycles. The van der Waals surface area contributed by atoms with Crippen LogP contribution in [0, 0.1) is 0 Å². The van der Waals surface area contributed by atoms with Gasteiger partial charge in [-0.05, 0) is 37.6 Å². The number of carbonyl (C=O) groups is 1. The molecule has 1 amide bonds. The summed E-state index contributed by atoms with van der Waals surface area (Å²) < 4.78 is 0. The lowest BCUT2D eigenvalue weighted by molar-refractivity contribution is -0.120. The van der Waals surface area contributed by atoms with Gasteiger partial charge in [0.1, 0.15) is 0 Å². The molecular formula is C13H17ClN2O. The average Bonchev–Trinajstić information content (AvgIpc) is 3.09. The van der Waals surface area contributed by atoms with Crippen molar-refractivity contribution >= 4 is 17.5 Å². The highest BCUT2D eigenvalue weighted by atomic mass is 35.5. The SMILES string of the molecule is CNCC(=O)NCC1(c2ccc(Cl)cc2)CC1. The Balaban J connectivity index is 1.95. The fourth-order valence-electron chi connectivity index (χ4n) is 2.01. The molecule has 2 N–H and O–H groups in total. The largest absolute Gasteiger partial charge is 0.354 e. The van der Waals surface area contributed by atoms with Crippen molar-refractivity contribution in [1.82, 2.24) is 10.6 Å². The summed E-state index contributed by atoms with van der Waals surface area (Å²) in [5.41, 5.74) is 1.42. The molecule has 0 saturated heterocycles. The number of halogens is 1. The van der Waals surface area contributed by atoms with Crippen molar-refractivity contribution in [2.24, 2.45) is 0 Å². The minimum absolute atomic E-state index is 0.0488. The van der Waals surface area contributed by atoms with E-state index in [0.29, 0.717) is 6.54 Å². The predicted octanol–water partition coefficient (Wildman–Crippen LogP) is 1.71. The van der Waals surface area contributed by atoms with Gasteiger partial charge in [-0.3, -0.25) is 4.79 Å². The van der Waals surface area contributed by atoms with Crippen molar-refractivity contribution in [1.29, 1.82) is 0 Å². The van der Waals surface area contributed by atoms with E-state index in [1.165, 1.54) is 5.56 Å². The van der Waals surface area contributed by atoms with E-state index < -0.39 is 0 Å². The predicted molar refractivity (Wildman–Crippen MR) is 69.3 cm³/mol. The van der Waals surface area contributed by atoms with Gasteiger partial charge in [0.2, 0.25) is 5.91 Å². The Hall–Kier alpha value is -1.06. The molecule has 0 aromatic heterocycles. The van der Waals surface area contributed by atoms with Crippen LogP contribution in [-0.4, -0.2) is 26.0 Å². The highest BCUT2D eigenvalue weighted by molar-refractivity contribution is 6.30. The van der Waals surface area contributed by atoms with Gasteiger partial charge in [-0.1, -0.05) is 23.7 Å². The van der Waals surface area contributed by atoms with Crippen LogP contribution in [0.1, 0.15) is 18.4 Å². The molecule has 17 heavy (non-hydrogen) atoms. The van der Waals surface area contributed by atoms with Crippen molar-refractivity contribution in [3.63, 3.8) is 0 Å². The summed E-state index contributed by atoms with van der Waals surface area (Å²) in [6.45, 7) is 1.09. The Labute approximate surface area is 107 Å². The summed E-state index contributed by atoms with van der Waals surface area (Å²) in [7, 11) is 1.77. The van der Waals surface area contributed by atoms with Crippen LogP contribution < -0.4 is 10.6 Å². The number of rotatable bonds is 5. The quantitative estimate of drug-likeness (QED) is 0.838. The molecule has 1 aliphatic rings.